The molecule has 0 bridgehead atoms. The minimum absolute atomic E-state index is 0.149. The van der Waals surface area contributed by atoms with E-state index in [-0.39, 0.29) is 11.5 Å². The third kappa shape index (κ3) is 2.33. The zero-order valence-electron chi connectivity index (χ0n) is 12.9. The number of hydrogen-bond donors (Lipinski definition) is 1. The minimum atomic E-state index is -0.226. The molecule has 1 aromatic rings. The number of rotatable bonds is 1. The normalized spacial score (nSPS) is 36.8. The standard InChI is InChI=1S/C19H27NO/c21-18-17-7-3-2-6-15(17)14-19(18)10-8-16(9-11-19)20-12-4-1-5-13-20/h2-3,6-7,16,18,21H,1,4-5,8-14H2. The van der Waals surface area contributed by atoms with Gasteiger partial charge in [0.05, 0.1) is 6.10 Å². The van der Waals surface area contributed by atoms with E-state index < -0.39 is 0 Å². The maximum Gasteiger partial charge on any atom is 0.0852 e. The Hall–Kier alpha value is -0.860. The maximum atomic E-state index is 10.8. The third-order valence-electron chi connectivity index (χ3n) is 6.33. The highest BCUT2D eigenvalue weighted by Crippen LogP contribution is 2.54. The van der Waals surface area contributed by atoms with Crippen LogP contribution in [-0.4, -0.2) is 29.1 Å². The summed E-state index contributed by atoms with van der Waals surface area (Å²) in [5, 5.41) is 10.8. The quantitative estimate of drug-likeness (QED) is 0.850. The number of fused-ring (bicyclic) bond motifs is 1. The fraction of sp³-hybridized carbons (Fsp3) is 0.684. The summed E-state index contributed by atoms with van der Waals surface area (Å²) in [4.78, 5) is 2.73. The van der Waals surface area contributed by atoms with E-state index in [1.807, 2.05) is 0 Å². The van der Waals surface area contributed by atoms with Crippen LogP contribution in [0.3, 0.4) is 0 Å². The third-order valence-corrected chi connectivity index (χ3v) is 6.33. The van der Waals surface area contributed by atoms with Crippen molar-refractivity contribution in [3.8, 4) is 0 Å². The van der Waals surface area contributed by atoms with Crippen molar-refractivity contribution in [2.24, 2.45) is 5.41 Å². The van der Waals surface area contributed by atoms with Crippen molar-refractivity contribution >= 4 is 0 Å². The van der Waals surface area contributed by atoms with Crippen LogP contribution >= 0.6 is 0 Å². The van der Waals surface area contributed by atoms with Crippen molar-refractivity contribution in [3.63, 3.8) is 0 Å². The van der Waals surface area contributed by atoms with Gasteiger partial charge in [-0.2, -0.15) is 0 Å². The number of piperidine rings is 1. The number of benzene rings is 1. The summed E-state index contributed by atoms with van der Waals surface area (Å²) in [5.74, 6) is 0. The Morgan fingerprint density at radius 1 is 1.00 bits per heavy atom. The molecule has 21 heavy (non-hydrogen) atoms. The van der Waals surface area contributed by atoms with E-state index in [0.29, 0.717) is 0 Å². The van der Waals surface area contributed by atoms with Crippen molar-refractivity contribution in [2.45, 2.75) is 63.5 Å². The molecular weight excluding hydrogens is 258 g/mol. The lowest BCUT2D eigenvalue weighted by atomic mass is 9.69. The summed E-state index contributed by atoms with van der Waals surface area (Å²) in [6.45, 7) is 2.61. The summed E-state index contributed by atoms with van der Waals surface area (Å²) < 4.78 is 0. The summed E-state index contributed by atoms with van der Waals surface area (Å²) >= 11 is 0. The molecule has 4 rings (SSSR count). The minimum Gasteiger partial charge on any atom is -0.388 e. The molecule has 2 heteroatoms. The summed E-state index contributed by atoms with van der Waals surface area (Å²) in [6.07, 6.45) is 10.0. The van der Waals surface area contributed by atoms with Gasteiger partial charge in [0.25, 0.3) is 0 Å². The highest BCUT2D eigenvalue weighted by atomic mass is 16.3. The fourth-order valence-corrected chi connectivity index (χ4v) is 5.04. The van der Waals surface area contributed by atoms with E-state index in [0.717, 1.165) is 12.5 Å². The van der Waals surface area contributed by atoms with E-state index in [2.05, 4.69) is 29.2 Å². The Bertz CT molecular complexity index is 498. The lowest BCUT2D eigenvalue weighted by Crippen LogP contribution is -2.44. The molecule has 1 saturated heterocycles. The first-order chi connectivity index (χ1) is 10.3. The van der Waals surface area contributed by atoms with E-state index in [1.165, 1.54) is 69.2 Å². The predicted octanol–water partition coefficient (Wildman–Crippen LogP) is 3.69. The monoisotopic (exact) mass is 285 g/mol. The first-order valence-corrected chi connectivity index (χ1v) is 8.78. The van der Waals surface area contributed by atoms with Crippen LogP contribution < -0.4 is 0 Å². The van der Waals surface area contributed by atoms with Crippen LogP contribution in [0.5, 0.6) is 0 Å². The topological polar surface area (TPSA) is 23.5 Å². The first kappa shape index (κ1) is 13.8. The molecule has 3 aliphatic rings. The fourth-order valence-electron chi connectivity index (χ4n) is 5.04. The average molecular weight is 285 g/mol. The first-order valence-electron chi connectivity index (χ1n) is 8.78. The summed E-state index contributed by atoms with van der Waals surface area (Å²) in [5.41, 5.74) is 2.74. The summed E-state index contributed by atoms with van der Waals surface area (Å²) in [6, 6.07) is 9.31. The molecule has 1 unspecified atom stereocenters. The van der Waals surface area contributed by atoms with Gasteiger partial charge in [-0.25, -0.2) is 0 Å². The van der Waals surface area contributed by atoms with E-state index in [1.54, 1.807) is 0 Å². The summed E-state index contributed by atoms with van der Waals surface area (Å²) in [7, 11) is 0. The van der Waals surface area contributed by atoms with Crippen LogP contribution in [0.1, 0.15) is 62.2 Å². The molecule has 1 aliphatic heterocycles. The Morgan fingerprint density at radius 2 is 1.71 bits per heavy atom. The predicted molar refractivity (Wildman–Crippen MR) is 85.2 cm³/mol. The van der Waals surface area contributed by atoms with Gasteiger partial charge in [0.15, 0.2) is 0 Å². The molecule has 1 N–H and O–H groups in total. The number of likely N-dealkylation sites (tertiary alicyclic amines) is 1. The van der Waals surface area contributed by atoms with Crippen LogP contribution in [0.4, 0.5) is 0 Å². The smallest absolute Gasteiger partial charge is 0.0852 e. The Balaban J connectivity index is 1.46. The van der Waals surface area contributed by atoms with Crippen molar-refractivity contribution in [1.29, 1.82) is 0 Å². The molecule has 2 fully saturated rings. The van der Waals surface area contributed by atoms with Gasteiger partial charge in [0.1, 0.15) is 0 Å². The van der Waals surface area contributed by atoms with Crippen LogP contribution in [0, 0.1) is 5.41 Å². The van der Waals surface area contributed by atoms with Gasteiger partial charge < -0.3 is 10.0 Å². The molecule has 1 heterocycles. The van der Waals surface area contributed by atoms with Gasteiger partial charge in [0.2, 0.25) is 0 Å². The molecule has 114 valence electrons. The average Bonchev–Trinajstić information content (AvgIpc) is 2.82. The molecule has 0 aromatic heterocycles. The molecule has 1 spiro atoms. The molecule has 2 aliphatic carbocycles. The highest BCUT2D eigenvalue weighted by Gasteiger charge is 2.47. The molecule has 1 aromatic carbocycles. The zero-order valence-corrected chi connectivity index (χ0v) is 12.9. The molecular formula is C19H27NO. The molecule has 2 nitrogen and oxygen atoms in total. The van der Waals surface area contributed by atoms with E-state index in [4.69, 9.17) is 0 Å². The van der Waals surface area contributed by atoms with Crippen LogP contribution in [-0.2, 0) is 6.42 Å². The number of aliphatic hydroxyl groups excluding tert-OH is 1. The van der Waals surface area contributed by atoms with Crippen LogP contribution in [0.25, 0.3) is 0 Å². The second kappa shape index (κ2) is 5.40. The van der Waals surface area contributed by atoms with Gasteiger partial charge in [-0.05, 0) is 69.2 Å². The van der Waals surface area contributed by atoms with Gasteiger partial charge in [0, 0.05) is 11.5 Å². The zero-order chi connectivity index (χ0) is 14.3. The number of aliphatic hydroxyl groups is 1. The molecule has 0 radical (unpaired) electrons. The van der Waals surface area contributed by atoms with E-state index in [9.17, 15) is 5.11 Å². The molecule has 1 saturated carbocycles. The second-order valence-electron chi connectivity index (χ2n) is 7.47. The van der Waals surface area contributed by atoms with Gasteiger partial charge in [-0.3, -0.25) is 0 Å². The lowest BCUT2D eigenvalue weighted by molar-refractivity contribution is -0.0144. The van der Waals surface area contributed by atoms with Gasteiger partial charge >= 0.3 is 0 Å². The molecule has 0 amide bonds. The Morgan fingerprint density at radius 3 is 2.43 bits per heavy atom. The van der Waals surface area contributed by atoms with Crippen molar-refractivity contribution in [1.82, 2.24) is 4.90 Å². The number of nitrogens with zero attached hydrogens (tertiary/aromatic N) is 1. The molecule has 1 atom stereocenters. The van der Waals surface area contributed by atoms with Gasteiger partial charge in [-0.15, -0.1) is 0 Å². The maximum absolute atomic E-state index is 10.8. The Kier molecular flexibility index (Phi) is 3.55. The largest absolute Gasteiger partial charge is 0.388 e. The van der Waals surface area contributed by atoms with E-state index >= 15 is 0 Å². The Labute approximate surface area is 128 Å². The SMILES string of the molecule is OC1c2ccccc2CC12CCC(N1CCCCC1)CC2. The van der Waals surface area contributed by atoms with Crippen molar-refractivity contribution < 1.29 is 5.11 Å². The number of hydrogen-bond acceptors (Lipinski definition) is 2. The van der Waals surface area contributed by atoms with Crippen molar-refractivity contribution in [2.75, 3.05) is 13.1 Å². The highest BCUT2D eigenvalue weighted by molar-refractivity contribution is 5.37. The van der Waals surface area contributed by atoms with Crippen LogP contribution in [0.15, 0.2) is 24.3 Å². The second-order valence-corrected chi connectivity index (χ2v) is 7.47. The van der Waals surface area contributed by atoms with Crippen LogP contribution in [0.2, 0.25) is 0 Å². The van der Waals surface area contributed by atoms with Crippen molar-refractivity contribution in [3.05, 3.63) is 35.4 Å². The lowest BCUT2D eigenvalue weighted by Gasteiger charge is -2.44. The van der Waals surface area contributed by atoms with Gasteiger partial charge in [-0.1, -0.05) is 30.7 Å².